The van der Waals surface area contributed by atoms with Crippen LogP contribution in [0.25, 0.3) is 0 Å². The van der Waals surface area contributed by atoms with Crippen LogP contribution in [0.3, 0.4) is 0 Å². The molecule has 0 radical (unpaired) electrons. The molecule has 2 aromatic rings. The minimum atomic E-state index is -0.372. The average Bonchev–Trinajstić information content (AvgIpc) is 2.71. The summed E-state index contributed by atoms with van der Waals surface area (Å²) in [5.41, 5.74) is 3.76. The Hall–Kier alpha value is -2.99. The molecule has 6 heteroatoms. The van der Waals surface area contributed by atoms with Gasteiger partial charge in [0.2, 0.25) is 11.8 Å². The Labute approximate surface area is 170 Å². The Morgan fingerprint density at radius 2 is 1.72 bits per heavy atom. The van der Waals surface area contributed by atoms with E-state index >= 15 is 0 Å². The van der Waals surface area contributed by atoms with E-state index in [1.807, 2.05) is 6.07 Å². The van der Waals surface area contributed by atoms with Gasteiger partial charge in [-0.2, -0.15) is 0 Å². The van der Waals surface area contributed by atoms with Gasteiger partial charge in [-0.3, -0.25) is 24.2 Å². The molecule has 0 aliphatic carbocycles. The van der Waals surface area contributed by atoms with E-state index in [4.69, 9.17) is 0 Å². The molecule has 29 heavy (non-hydrogen) atoms. The number of hydrogen-bond donors (Lipinski definition) is 0. The molecule has 4 rings (SSSR count). The van der Waals surface area contributed by atoms with Crippen LogP contribution in [0.4, 0.5) is 0 Å². The zero-order chi connectivity index (χ0) is 20.4. The van der Waals surface area contributed by atoms with Crippen LogP contribution in [-0.2, 0) is 22.6 Å². The highest BCUT2D eigenvalue weighted by atomic mass is 16.2. The van der Waals surface area contributed by atoms with E-state index < -0.39 is 0 Å². The number of carbonyl (C=O) groups is 3. The lowest BCUT2D eigenvalue weighted by atomic mass is 9.98. The molecule has 0 unspecified atom stereocenters. The van der Waals surface area contributed by atoms with Gasteiger partial charge in [-0.25, -0.2) is 0 Å². The Morgan fingerprint density at radius 1 is 0.966 bits per heavy atom. The van der Waals surface area contributed by atoms with Crippen LogP contribution in [-0.4, -0.2) is 65.1 Å². The SMILES string of the molecule is Cc1cccc(CN2CCN(C(=O)CN3C(=O)Cc4ccccc4C3=O)CC2)c1. The van der Waals surface area contributed by atoms with Gasteiger partial charge in [-0.15, -0.1) is 0 Å². The maximum absolute atomic E-state index is 12.7. The molecular weight excluding hydrogens is 366 g/mol. The summed E-state index contributed by atoms with van der Waals surface area (Å²) in [4.78, 5) is 43.0. The van der Waals surface area contributed by atoms with Crippen molar-refractivity contribution in [1.29, 1.82) is 0 Å². The van der Waals surface area contributed by atoms with Gasteiger partial charge >= 0.3 is 0 Å². The van der Waals surface area contributed by atoms with E-state index in [2.05, 4.69) is 36.1 Å². The molecule has 150 valence electrons. The Kier molecular flexibility index (Phi) is 5.45. The van der Waals surface area contributed by atoms with Crippen molar-refractivity contribution in [3.05, 3.63) is 70.8 Å². The van der Waals surface area contributed by atoms with Gasteiger partial charge in [0.05, 0.1) is 6.42 Å². The summed E-state index contributed by atoms with van der Waals surface area (Å²) in [6, 6.07) is 15.6. The second-order valence-electron chi connectivity index (χ2n) is 7.76. The molecule has 0 saturated carbocycles. The summed E-state index contributed by atoms with van der Waals surface area (Å²) in [5.74, 6) is -0.843. The number of piperazine rings is 1. The number of benzene rings is 2. The van der Waals surface area contributed by atoms with Crippen molar-refractivity contribution in [3.63, 3.8) is 0 Å². The molecule has 2 heterocycles. The third-order valence-electron chi connectivity index (χ3n) is 5.64. The fourth-order valence-electron chi connectivity index (χ4n) is 4.02. The summed E-state index contributed by atoms with van der Waals surface area (Å²) in [6.07, 6.45) is 0.166. The fraction of sp³-hybridized carbons (Fsp3) is 0.348. The molecule has 0 aromatic heterocycles. The van der Waals surface area contributed by atoms with Gasteiger partial charge in [0, 0.05) is 38.3 Å². The number of aryl methyl sites for hydroxylation is 1. The number of hydrogen-bond acceptors (Lipinski definition) is 4. The molecule has 1 saturated heterocycles. The van der Waals surface area contributed by atoms with Gasteiger partial charge in [-0.1, -0.05) is 48.0 Å². The van der Waals surface area contributed by atoms with Crippen LogP contribution >= 0.6 is 0 Å². The van der Waals surface area contributed by atoms with Gasteiger partial charge in [-0.05, 0) is 24.1 Å². The van der Waals surface area contributed by atoms with Crippen molar-refractivity contribution >= 4 is 17.7 Å². The largest absolute Gasteiger partial charge is 0.339 e. The van der Waals surface area contributed by atoms with Crippen LogP contribution in [0, 0.1) is 6.92 Å². The van der Waals surface area contributed by atoms with Gasteiger partial charge in [0.1, 0.15) is 6.54 Å². The number of amides is 3. The summed E-state index contributed by atoms with van der Waals surface area (Å²) >= 11 is 0. The Bertz CT molecular complexity index is 948. The number of fused-ring (bicyclic) bond motifs is 1. The van der Waals surface area contributed by atoms with E-state index in [0.29, 0.717) is 18.7 Å². The fourth-order valence-corrected chi connectivity index (χ4v) is 4.02. The first-order valence-electron chi connectivity index (χ1n) is 9.99. The molecule has 0 spiro atoms. The summed E-state index contributed by atoms with van der Waals surface area (Å²) in [5, 5.41) is 0. The molecule has 2 aliphatic rings. The molecule has 0 N–H and O–H groups in total. The van der Waals surface area contributed by atoms with E-state index in [-0.39, 0.29) is 30.7 Å². The third-order valence-corrected chi connectivity index (χ3v) is 5.64. The summed E-state index contributed by atoms with van der Waals surface area (Å²) < 4.78 is 0. The first-order valence-corrected chi connectivity index (χ1v) is 9.99. The lowest BCUT2D eigenvalue weighted by Crippen LogP contribution is -2.53. The van der Waals surface area contributed by atoms with Crippen LogP contribution in [0.15, 0.2) is 48.5 Å². The van der Waals surface area contributed by atoms with Crippen LogP contribution in [0.1, 0.15) is 27.0 Å². The molecule has 2 aromatic carbocycles. The van der Waals surface area contributed by atoms with Crippen LogP contribution in [0.5, 0.6) is 0 Å². The first kappa shape index (κ1) is 19.3. The molecular formula is C23H25N3O3. The highest BCUT2D eigenvalue weighted by Crippen LogP contribution is 2.20. The minimum Gasteiger partial charge on any atom is -0.339 e. The lowest BCUT2D eigenvalue weighted by molar-refractivity contribution is -0.139. The van der Waals surface area contributed by atoms with Crippen LogP contribution in [0.2, 0.25) is 0 Å². The smallest absolute Gasteiger partial charge is 0.261 e. The molecule has 3 amide bonds. The highest BCUT2D eigenvalue weighted by molar-refractivity contribution is 6.11. The number of imide groups is 1. The molecule has 2 aliphatic heterocycles. The number of carbonyl (C=O) groups excluding carboxylic acids is 3. The zero-order valence-corrected chi connectivity index (χ0v) is 16.6. The third kappa shape index (κ3) is 4.22. The monoisotopic (exact) mass is 391 g/mol. The van der Waals surface area contributed by atoms with E-state index in [0.717, 1.165) is 30.1 Å². The predicted octanol–water partition coefficient (Wildman–Crippen LogP) is 1.86. The van der Waals surface area contributed by atoms with Crippen molar-refractivity contribution in [2.75, 3.05) is 32.7 Å². The van der Waals surface area contributed by atoms with Gasteiger partial charge in [0.25, 0.3) is 5.91 Å². The molecule has 6 nitrogen and oxygen atoms in total. The lowest BCUT2D eigenvalue weighted by Gasteiger charge is -2.36. The van der Waals surface area contributed by atoms with Crippen molar-refractivity contribution in [3.8, 4) is 0 Å². The quantitative estimate of drug-likeness (QED) is 0.747. The maximum atomic E-state index is 12.7. The van der Waals surface area contributed by atoms with Crippen molar-refractivity contribution < 1.29 is 14.4 Å². The molecule has 1 fully saturated rings. The second-order valence-corrected chi connectivity index (χ2v) is 7.76. The minimum absolute atomic E-state index is 0.165. The maximum Gasteiger partial charge on any atom is 0.261 e. The van der Waals surface area contributed by atoms with E-state index in [1.165, 1.54) is 11.1 Å². The topological polar surface area (TPSA) is 60.9 Å². The normalized spacial score (nSPS) is 17.4. The highest BCUT2D eigenvalue weighted by Gasteiger charge is 2.33. The summed E-state index contributed by atoms with van der Waals surface area (Å²) in [7, 11) is 0. The predicted molar refractivity (Wildman–Crippen MR) is 109 cm³/mol. The van der Waals surface area contributed by atoms with Crippen molar-refractivity contribution in [2.24, 2.45) is 0 Å². The van der Waals surface area contributed by atoms with Gasteiger partial charge in [0.15, 0.2) is 0 Å². The standard InChI is InChI=1S/C23H25N3O3/c1-17-5-4-6-18(13-17)15-24-9-11-25(12-10-24)22(28)16-26-21(27)14-19-7-2-3-8-20(19)23(26)29/h2-8,13H,9-12,14-16H2,1H3. The van der Waals surface area contributed by atoms with E-state index in [9.17, 15) is 14.4 Å². The van der Waals surface area contributed by atoms with Gasteiger partial charge < -0.3 is 4.90 Å². The van der Waals surface area contributed by atoms with E-state index in [1.54, 1.807) is 23.1 Å². The summed E-state index contributed by atoms with van der Waals surface area (Å²) in [6.45, 7) is 5.55. The second kappa shape index (κ2) is 8.17. The Morgan fingerprint density at radius 3 is 2.48 bits per heavy atom. The number of nitrogens with zero attached hydrogens (tertiary/aromatic N) is 3. The number of rotatable bonds is 4. The first-order chi connectivity index (χ1) is 14.0. The zero-order valence-electron chi connectivity index (χ0n) is 16.6. The van der Waals surface area contributed by atoms with Crippen molar-refractivity contribution in [2.45, 2.75) is 19.9 Å². The average molecular weight is 391 g/mol. The van der Waals surface area contributed by atoms with Crippen LogP contribution < -0.4 is 0 Å². The molecule has 0 bridgehead atoms. The Balaban J connectivity index is 1.33. The molecule has 0 atom stereocenters. The van der Waals surface area contributed by atoms with Crippen molar-refractivity contribution in [1.82, 2.24) is 14.7 Å².